The molecule has 0 unspecified atom stereocenters. The van der Waals surface area contributed by atoms with E-state index >= 15 is 0 Å². The minimum absolute atomic E-state index is 0.134. The van der Waals surface area contributed by atoms with Gasteiger partial charge in [0.1, 0.15) is 0 Å². The lowest BCUT2D eigenvalue weighted by Gasteiger charge is -2.14. The van der Waals surface area contributed by atoms with Crippen molar-refractivity contribution in [2.24, 2.45) is 0 Å². The molecule has 6 heteroatoms. The van der Waals surface area contributed by atoms with E-state index in [9.17, 15) is 13.2 Å². The lowest BCUT2D eigenvalue weighted by atomic mass is 10.2. The van der Waals surface area contributed by atoms with Gasteiger partial charge in [-0.25, -0.2) is 0 Å². The Balaban J connectivity index is 2.84. The molecule has 0 heterocycles. The number of halogens is 3. The maximum absolute atomic E-state index is 12.7. The van der Waals surface area contributed by atoms with Crippen molar-refractivity contribution in [1.82, 2.24) is 4.90 Å². The number of hydrogen-bond acceptors (Lipinski definition) is 3. The molecule has 0 fully saturated rings. The summed E-state index contributed by atoms with van der Waals surface area (Å²) in [4.78, 5) is 2.16. The van der Waals surface area contributed by atoms with Crippen LogP contribution in [0.1, 0.15) is 5.56 Å². The zero-order valence-corrected chi connectivity index (χ0v) is 10.5. The van der Waals surface area contributed by atoms with Gasteiger partial charge in [0.25, 0.3) is 0 Å². The fourth-order valence-corrected chi connectivity index (χ4v) is 2.40. The van der Waals surface area contributed by atoms with Crippen LogP contribution in [-0.2, 0) is 6.18 Å². The van der Waals surface area contributed by atoms with Gasteiger partial charge in [-0.3, -0.25) is 0 Å². The quantitative estimate of drug-likeness (QED) is 0.669. The highest BCUT2D eigenvalue weighted by Crippen LogP contribution is 2.37. The maximum atomic E-state index is 12.7. The lowest BCUT2D eigenvalue weighted by molar-refractivity contribution is -0.139. The second kappa shape index (κ2) is 5.64. The molecule has 0 atom stereocenters. The molecule has 0 aliphatic rings. The molecule has 1 aromatic carbocycles. The lowest BCUT2D eigenvalue weighted by Crippen LogP contribution is -2.15. The van der Waals surface area contributed by atoms with Gasteiger partial charge in [0, 0.05) is 22.9 Å². The van der Waals surface area contributed by atoms with E-state index in [1.165, 1.54) is 23.9 Å². The summed E-state index contributed by atoms with van der Waals surface area (Å²) < 4.78 is 38.2. The van der Waals surface area contributed by atoms with E-state index < -0.39 is 11.7 Å². The number of nitrogens with two attached hydrogens (primary N) is 1. The first-order valence-corrected chi connectivity index (χ1v) is 6.03. The van der Waals surface area contributed by atoms with Gasteiger partial charge in [0.2, 0.25) is 0 Å². The molecule has 2 N–H and O–H groups in total. The van der Waals surface area contributed by atoms with Gasteiger partial charge in [-0.05, 0) is 32.3 Å². The average molecular weight is 264 g/mol. The predicted octanol–water partition coefficient (Wildman–Crippen LogP) is 2.94. The van der Waals surface area contributed by atoms with Crippen LogP contribution in [0.25, 0.3) is 0 Å². The van der Waals surface area contributed by atoms with Gasteiger partial charge in [0.05, 0.1) is 5.56 Å². The second-order valence-electron chi connectivity index (χ2n) is 3.91. The summed E-state index contributed by atoms with van der Waals surface area (Å²) >= 11 is 1.19. The second-order valence-corrected chi connectivity index (χ2v) is 5.04. The minimum atomic E-state index is -4.35. The summed E-state index contributed by atoms with van der Waals surface area (Å²) in [7, 11) is 3.77. The Bertz CT molecular complexity index is 377. The Labute approximate surface area is 103 Å². The smallest absolute Gasteiger partial charge is 0.399 e. The summed E-state index contributed by atoms with van der Waals surface area (Å²) in [6.07, 6.45) is -4.35. The van der Waals surface area contributed by atoms with Crippen LogP contribution >= 0.6 is 11.8 Å². The van der Waals surface area contributed by atoms with Crippen molar-refractivity contribution in [3.05, 3.63) is 23.8 Å². The van der Waals surface area contributed by atoms with Crippen LogP contribution in [0, 0.1) is 0 Å². The van der Waals surface area contributed by atoms with Crippen LogP contribution in [0.4, 0.5) is 18.9 Å². The molecular formula is C11H15F3N2S. The van der Waals surface area contributed by atoms with Gasteiger partial charge in [-0.1, -0.05) is 0 Å². The molecule has 2 nitrogen and oxygen atoms in total. The molecular weight excluding hydrogens is 249 g/mol. The van der Waals surface area contributed by atoms with Crippen LogP contribution in [0.2, 0.25) is 0 Å². The van der Waals surface area contributed by atoms with E-state index in [0.29, 0.717) is 5.75 Å². The zero-order valence-electron chi connectivity index (χ0n) is 9.71. The summed E-state index contributed by atoms with van der Waals surface area (Å²) in [5.41, 5.74) is 4.87. The number of alkyl halides is 3. The molecule has 0 radical (unpaired) electrons. The Morgan fingerprint density at radius 3 is 2.47 bits per heavy atom. The first-order chi connectivity index (χ1) is 7.80. The van der Waals surface area contributed by atoms with Gasteiger partial charge in [0.15, 0.2) is 0 Å². The number of thioether (sulfide) groups is 1. The number of anilines is 1. The topological polar surface area (TPSA) is 29.3 Å². The van der Waals surface area contributed by atoms with E-state index in [0.717, 1.165) is 12.6 Å². The van der Waals surface area contributed by atoms with Crippen LogP contribution < -0.4 is 5.73 Å². The molecule has 0 amide bonds. The van der Waals surface area contributed by atoms with Gasteiger partial charge >= 0.3 is 6.18 Å². The normalized spacial score (nSPS) is 12.1. The third kappa shape index (κ3) is 4.47. The zero-order chi connectivity index (χ0) is 13.1. The third-order valence-corrected chi connectivity index (χ3v) is 3.16. The predicted molar refractivity (Wildman–Crippen MR) is 65.1 cm³/mol. The fraction of sp³-hybridized carbons (Fsp3) is 0.455. The molecule has 0 aliphatic heterocycles. The monoisotopic (exact) mass is 264 g/mol. The van der Waals surface area contributed by atoms with E-state index in [1.54, 1.807) is 0 Å². The number of hydrogen-bond donors (Lipinski definition) is 1. The molecule has 0 aliphatic carbocycles. The molecule has 0 spiro atoms. The Morgan fingerprint density at radius 1 is 1.29 bits per heavy atom. The SMILES string of the molecule is CN(C)CCSc1ccc(N)cc1C(F)(F)F. The van der Waals surface area contributed by atoms with Crippen LogP contribution in [0.3, 0.4) is 0 Å². The Hall–Kier alpha value is -0.880. The Kier molecular flexibility index (Phi) is 4.70. The molecule has 1 aromatic rings. The van der Waals surface area contributed by atoms with Crippen molar-refractivity contribution in [3.63, 3.8) is 0 Å². The first-order valence-electron chi connectivity index (χ1n) is 5.05. The molecule has 0 aromatic heterocycles. The largest absolute Gasteiger partial charge is 0.417 e. The number of nitrogen functional groups attached to an aromatic ring is 1. The molecule has 17 heavy (non-hydrogen) atoms. The number of benzene rings is 1. The van der Waals surface area contributed by atoms with Crippen molar-refractivity contribution in [1.29, 1.82) is 0 Å². The summed E-state index contributed by atoms with van der Waals surface area (Å²) in [5, 5.41) is 0. The van der Waals surface area contributed by atoms with Crippen molar-refractivity contribution in [2.45, 2.75) is 11.1 Å². The van der Waals surface area contributed by atoms with Crippen molar-refractivity contribution < 1.29 is 13.2 Å². The summed E-state index contributed by atoms with van der Waals surface area (Å²) in [6, 6.07) is 3.91. The minimum Gasteiger partial charge on any atom is -0.399 e. The van der Waals surface area contributed by atoms with Crippen molar-refractivity contribution >= 4 is 17.4 Å². The summed E-state index contributed by atoms with van der Waals surface area (Å²) in [5.74, 6) is 0.611. The van der Waals surface area contributed by atoms with E-state index in [-0.39, 0.29) is 10.6 Å². The van der Waals surface area contributed by atoms with Gasteiger partial charge in [-0.2, -0.15) is 13.2 Å². The van der Waals surface area contributed by atoms with Crippen molar-refractivity contribution in [3.8, 4) is 0 Å². The standard InChI is InChI=1S/C11H15F3N2S/c1-16(2)5-6-17-10-4-3-8(15)7-9(10)11(12,13)14/h3-4,7H,5-6,15H2,1-2H3. The van der Waals surface area contributed by atoms with Crippen LogP contribution in [-0.4, -0.2) is 31.3 Å². The fourth-order valence-electron chi connectivity index (χ4n) is 1.23. The summed E-state index contributed by atoms with van der Waals surface area (Å²) in [6.45, 7) is 0.729. The number of rotatable bonds is 4. The van der Waals surface area contributed by atoms with Gasteiger partial charge in [-0.15, -0.1) is 11.8 Å². The highest BCUT2D eigenvalue weighted by Gasteiger charge is 2.33. The highest BCUT2D eigenvalue weighted by atomic mass is 32.2. The van der Waals surface area contributed by atoms with E-state index in [2.05, 4.69) is 0 Å². The number of nitrogens with zero attached hydrogens (tertiary/aromatic N) is 1. The molecule has 0 bridgehead atoms. The van der Waals surface area contributed by atoms with E-state index in [4.69, 9.17) is 5.73 Å². The molecule has 0 saturated carbocycles. The average Bonchev–Trinajstić information content (AvgIpc) is 2.18. The molecule has 1 rings (SSSR count). The van der Waals surface area contributed by atoms with E-state index in [1.807, 2.05) is 19.0 Å². The van der Waals surface area contributed by atoms with Crippen LogP contribution in [0.15, 0.2) is 23.1 Å². The first kappa shape index (κ1) is 14.2. The Morgan fingerprint density at radius 2 is 1.94 bits per heavy atom. The molecule has 0 saturated heterocycles. The van der Waals surface area contributed by atoms with Crippen LogP contribution in [0.5, 0.6) is 0 Å². The maximum Gasteiger partial charge on any atom is 0.417 e. The third-order valence-electron chi connectivity index (χ3n) is 2.11. The molecule has 96 valence electrons. The van der Waals surface area contributed by atoms with Crippen molar-refractivity contribution in [2.75, 3.05) is 32.1 Å². The highest BCUT2D eigenvalue weighted by molar-refractivity contribution is 7.99. The van der Waals surface area contributed by atoms with Gasteiger partial charge < -0.3 is 10.6 Å².